The van der Waals surface area contributed by atoms with Crippen molar-refractivity contribution in [3.05, 3.63) is 47.4 Å². The second kappa shape index (κ2) is 8.72. The van der Waals surface area contributed by atoms with Gasteiger partial charge in [-0.2, -0.15) is 0 Å². The summed E-state index contributed by atoms with van der Waals surface area (Å²) in [5.74, 6) is 0.671. The molecule has 3 aliphatic rings. The summed E-state index contributed by atoms with van der Waals surface area (Å²) in [5, 5.41) is 3.02. The minimum absolute atomic E-state index is 0.197. The maximum absolute atomic E-state index is 12.7. The highest BCUT2D eigenvalue weighted by atomic mass is 16.1. The van der Waals surface area contributed by atoms with Crippen molar-refractivity contribution in [3.63, 3.8) is 0 Å². The van der Waals surface area contributed by atoms with Gasteiger partial charge in [0.05, 0.1) is 12.4 Å². The highest BCUT2D eigenvalue weighted by Crippen LogP contribution is 2.28. The number of carbonyl (C=O) groups excluding carboxylic acids is 1. The van der Waals surface area contributed by atoms with Crippen LogP contribution in [0.15, 0.2) is 30.6 Å². The number of piperidine rings is 1. The van der Waals surface area contributed by atoms with E-state index in [-0.39, 0.29) is 5.91 Å². The number of aromatic nitrogens is 2. The fourth-order valence-electron chi connectivity index (χ4n) is 4.86. The molecular formula is C24H31N5O. The Labute approximate surface area is 178 Å². The van der Waals surface area contributed by atoms with E-state index in [4.69, 9.17) is 0 Å². The van der Waals surface area contributed by atoms with Crippen LogP contribution in [0.25, 0.3) is 0 Å². The number of carbonyl (C=O) groups is 1. The second-order valence-electron chi connectivity index (χ2n) is 8.87. The van der Waals surface area contributed by atoms with E-state index >= 15 is 0 Å². The van der Waals surface area contributed by atoms with Crippen LogP contribution in [0.4, 0.5) is 11.5 Å². The SMILES string of the molecule is O=C(Nc1ccc2c(c1)CCN(C1CCC1)CC2)c1cnc(N2CCCCC2)cn1. The zero-order valence-electron chi connectivity index (χ0n) is 17.6. The maximum atomic E-state index is 12.7. The lowest BCUT2D eigenvalue weighted by atomic mass is 9.91. The molecule has 1 aliphatic carbocycles. The minimum atomic E-state index is -0.197. The summed E-state index contributed by atoms with van der Waals surface area (Å²) in [6.07, 6.45) is 13.2. The van der Waals surface area contributed by atoms with E-state index in [2.05, 4.69) is 37.2 Å². The predicted molar refractivity (Wildman–Crippen MR) is 119 cm³/mol. The Hall–Kier alpha value is -2.47. The van der Waals surface area contributed by atoms with Gasteiger partial charge in [-0.1, -0.05) is 12.5 Å². The highest BCUT2D eigenvalue weighted by Gasteiger charge is 2.26. The van der Waals surface area contributed by atoms with Gasteiger partial charge in [-0.05, 0) is 68.2 Å². The van der Waals surface area contributed by atoms with Crippen molar-refractivity contribution in [1.29, 1.82) is 0 Å². The van der Waals surface area contributed by atoms with Gasteiger partial charge in [0.25, 0.3) is 5.91 Å². The van der Waals surface area contributed by atoms with Crippen molar-refractivity contribution in [2.45, 2.75) is 57.4 Å². The molecule has 5 rings (SSSR count). The van der Waals surface area contributed by atoms with Crippen molar-refractivity contribution in [2.24, 2.45) is 0 Å². The number of benzene rings is 1. The molecule has 2 fully saturated rings. The Bertz CT molecular complexity index is 887. The first-order chi connectivity index (χ1) is 14.8. The zero-order valence-corrected chi connectivity index (χ0v) is 17.6. The first-order valence-electron chi connectivity index (χ1n) is 11.5. The molecule has 1 saturated carbocycles. The molecule has 0 atom stereocenters. The van der Waals surface area contributed by atoms with Crippen LogP contribution in [0.3, 0.4) is 0 Å². The van der Waals surface area contributed by atoms with Crippen LogP contribution < -0.4 is 10.2 Å². The van der Waals surface area contributed by atoms with Crippen LogP contribution in [-0.4, -0.2) is 53.0 Å². The maximum Gasteiger partial charge on any atom is 0.275 e. The fraction of sp³-hybridized carbons (Fsp3) is 0.542. The fourth-order valence-corrected chi connectivity index (χ4v) is 4.86. The Morgan fingerprint density at radius 1 is 0.900 bits per heavy atom. The van der Waals surface area contributed by atoms with E-state index in [1.54, 1.807) is 12.4 Å². The number of fused-ring (bicyclic) bond motifs is 1. The average Bonchev–Trinajstić information content (AvgIpc) is 2.96. The molecular weight excluding hydrogens is 374 g/mol. The standard InChI is InChI=1S/C24H31N5O/c30-24(22-16-26-23(17-25-22)29-11-2-1-3-12-29)27-20-8-7-18-9-13-28(21-5-4-6-21)14-10-19(18)15-20/h7-8,15-17,21H,1-6,9-14H2,(H,27,30). The molecule has 6 heteroatoms. The smallest absolute Gasteiger partial charge is 0.275 e. The molecule has 6 nitrogen and oxygen atoms in total. The molecule has 3 heterocycles. The number of anilines is 2. The molecule has 1 aromatic heterocycles. The summed E-state index contributed by atoms with van der Waals surface area (Å²) in [6, 6.07) is 7.14. The molecule has 2 aromatic rings. The summed E-state index contributed by atoms with van der Waals surface area (Å²) in [6.45, 7) is 4.32. The Morgan fingerprint density at radius 2 is 1.70 bits per heavy atom. The predicted octanol–water partition coefficient (Wildman–Crippen LogP) is 3.67. The number of rotatable bonds is 4. The molecule has 30 heavy (non-hydrogen) atoms. The van der Waals surface area contributed by atoms with Crippen LogP contribution in [0.2, 0.25) is 0 Å². The Kier molecular flexibility index (Phi) is 5.67. The van der Waals surface area contributed by atoms with Crippen LogP contribution >= 0.6 is 0 Å². The van der Waals surface area contributed by atoms with E-state index in [0.29, 0.717) is 5.69 Å². The molecule has 2 aliphatic heterocycles. The van der Waals surface area contributed by atoms with Crippen LogP contribution in [0, 0.1) is 0 Å². The van der Waals surface area contributed by atoms with Crippen molar-refractivity contribution in [1.82, 2.24) is 14.9 Å². The van der Waals surface area contributed by atoms with Crippen molar-refractivity contribution < 1.29 is 4.79 Å². The molecule has 1 amide bonds. The molecule has 1 saturated heterocycles. The van der Waals surface area contributed by atoms with Crippen LogP contribution in [0.5, 0.6) is 0 Å². The lowest BCUT2D eigenvalue weighted by Gasteiger charge is -2.36. The van der Waals surface area contributed by atoms with Crippen LogP contribution in [-0.2, 0) is 12.8 Å². The van der Waals surface area contributed by atoms with Gasteiger partial charge >= 0.3 is 0 Å². The molecule has 0 unspecified atom stereocenters. The lowest BCUT2D eigenvalue weighted by Crippen LogP contribution is -2.41. The van der Waals surface area contributed by atoms with Crippen molar-refractivity contribution >= 4 is 17.4 Å². The summed E-state index contributed by atoms with van der Waals surface area (Å²) in [4.78, 5) is 26.4. The third kappa shape index (κ3) is 4.19. The zero-order chi connectivity index (χ0) is 20.3. The summed E-state index contributed by atoms with van der Waals surface area (Å²) < 4.78 is 0. The van der Waals surface area contributed by atoms with Gasteiger partial charge in [-0.15, -0.1) is 0 Å². The van der Waals surface area contributed by atoms with E-state index < -0.39 is 0 Å². The van der Waals surface area contributed by atoms with Crippen LogP contribution in [0.1, 0.15) is 60.1 Å². The topological polar surface area (TPSA) is 61.4 Å². The number of amides is 1. The number of nitrogens with one attached hydrogen (secondary N) is 1. The number of nitrogens with zero attached hydrogens (tertiary/aromatic N) is 4. The Balaban J connectivity index is 1.22. The Morgan fingerprint density at radius 3 is 2.40 bits per heavy atom. The van der Waals surface area contributed by atoms with Gasteiger partial charge < -0.3 is 10.2 Å². The summed E-state index contributed by atoms with van der Waals surface area (Å²) in [5.41, 5.74) is 3.99. The van der Waals surface area contributed by atoms with E-state index in [9.17, 15) is 4.79 Å². The van der Waals surface area contributed by atoms with Crippen molar-refractivity contribution in [3.8, 4) is 0 Å². The largest absolute Gasteiger partial charge is 0.355 e. The van der Waals surface area contributed by atoms with Gasteiger partial charge in [0.15, 0.2) is 0 Å². The van der Waals surface area contributed by atoms with E-state index in [0.717, 1.165) is 56.6 Å². The summed E-state index contributed by atoms with van der Waals surface area (Å²) >= 11 is 0. The first kappa shape index (κ1) is 19.5. The molecule has 0 spiro atoms. The van der Waals surface area contributed by atoms with Gasteiger partial charge in [0.1, 0.15) is 11.5 Å². The molecule has 1 aromatic carbocycles. The summed E-state index contributed by atoms with van der Waals surface area (Å²) in [7, 11) is 0. The second-order valence-corrected chi connectivity index (χ2v) is 8.87. The van der Waals surface area contributed by atoms with Gasteiger partial charge in [-0.25, -0.2) is 9.97 Å². The molecule has 158 valence electrons. The third-order valence-corrected chi connectivity index (χ3v) is 6.94. The molecule has 1 N–H and O–H groups in total. The minimum Gasteiger partial charge on any atom is -0.355 e. The third-order valence-electron chi connectivity index (χ3n) is 6.94. The van der Waals surface area contributed by atoms with Gasteiger partial charge in [0, 0.05) is 37.9 Å². The molecule has 0 bridgehead atoms. The monoisotopic (exact) mass is 405 g/mol. The van der Waals surface area contributed by atoms with E-state index in [1.807, 2.05) is 6.07 Å². The normalized spacial score (nSPS) is 20.2. The van der Waals surface area contributed by atoms with Gasteiger partial charge in [0.2, 0.25) is 0 Å². The number of hydrogen-bond donors (Lipinski definition) is 1. The van der Waals surface area contributed by atoms with Gasteiger partial charge in [-0.3, -0.25) is 9.69 Å². The lowest BCUT2D eigenvalue weighted by molar-refractivity contribution is 0.102. The number of hydrogen-bond acceptors (Lipinski definition) is 5. The van der Waals surface area contributed by atoms with Crippen molar-refractivity contribution in [2.75, 3.05) is 36.4 Å². The highest BCUT2D eigenvalue weighted by molar-refractivity contribution is 6.02. The first-order valence-corrected chi connectivity index (χ1v) is 11.5. The molecule has 0 radical (unpaired) electrons. The van der Waals surface area contributed by atoms with E-state index in [1.165, 1.54) is 49.7 Å². The quantitative estimate of drug-likeness (QED) is 0.841. The average molecular weight is 406 g/mol.